The predicted molar refractivity (Wildman–Crippen MR) is 105 cm³/mol. The number of carbonyl (C=O) groups is 2. The van der Waals surface area contributed by atoms with E-state index in [-0.39, 0.29) is 16.5 Å². The number of thiocarbonyl (C=S) groups is 1. The van der Waals surface area contributed by atoms with Gasteiger partial charge in [0, 0.05) is 6.42 Å². The van der Waals surface area contributed by atoms with Crippen molar-refractivity contribution in [3.63, 3.8) is 0 Å². The third-order valence-electron chi connectivity index (χ3n) is 3.86. The molecule has 1 aliphatic heterocycles. The van der Waals surface area contributed by atoms with Gasteiger partial charge in [0.1, 0.15) is 16.1 Å². The smallest absolute Gasteiger partial charge is 0.327 e. The second-order valence-electron chi connectivity index (χ2n) is 5.69. The molecule has 3 rings (SSSR count). The Hall–Kier alpha value is -2.64. The molecule has 0 saturated carbocycles. The van der Waals surface area contributed by atoms with Crippen LogP contribution in [0.25, 0.3) is 6.08 Å². The van der Waals surface area contributed by atoms with Crippen molar-refractivity contribution < 1.29 is 19.8 Å². The lowest BCUT2D eigenvalue weighted by molar-refractivity contribution is -0.145. The van der Waals surface area contributed by atoms with Crippen molar-refractivity contribution in [1.82, 2.24) is 4.90 Å². The average molecular weight is 385 g/mol. The van der Waals surface area contributed by atoms with Crippen LogP contribution in [-0.2, 0) is 16.0 Å². The lowest BCUT2D eigenvalue weighted by Gasteiger charge is -2.23. The molecular weight excluding hydrogens is 370 g/mol. The fourth-order valence-electron chi connectivity index (χ4n) is 2.64. The predicted octanol–water partition coefficient (Wildman–Crippen LogP) is 3.29. The summed E-state index contributed by atoms with van der Waals surface area (Å²) in [7, 11) is 0. The van der Waals surface area contributed by atoms with Crippen LogP contribution in [-0.4, -0.2) is 37.4 Å². The summed E-state index contributed by atoms with van der Waals surface area (Å²) < 4.78 is 0.213. The molecule has 1 atom stereocenters. The van der Waals surface area contributed by atoms with Gasteiger partial charge in [0.2, 0.25) is 0 Å². The SMILES string of the molecule is O=C(O)[C@H](Cc1ccccc1)N1C(=O)/C(=C/c2cccc(O)c2)SC1=S. The number of aromatic hydroxyl groups is 1. The van der Waals surface area contributed by atoms with E-state index in [9.17, 15) is 19.8 Å². The van der Waals surface area contributed by atoms with Gasteiger partial charge in [0.25, 0.3) is 5.91 Å². The lowest BCUT2D eigenvalue weighted by Crippen LogP contribution is -2.45. The monoisotopic (exact) mass is 385 g/mol. The van der Waals surface area contributed by atoms with Crippen molar-refractivity contribution in [3.8, 4) is 5.75 Å². The topological polar surface area (TPSA) is 77.8 Å². The molecule has 2 aromatic rings. The fraction of sp³-hybridized carbons (Fsp3) is 0.105. The molecule has 26 heavy (non-hydrogen) atoms. The standard InChI is InChI=1S/C19H15NO4S2/c21-14-8-4-7-13(9-14)11-16-17(22)20(19(25)26-16)15(18(23)24)10-12-5-2-1-3-6-12/h1-9,11,15,21H,10H2,(H,23,24)/b16-11-/t15-/m0/s1. The van der Waals surface area contributed by atoms with E-state index in [1.54, 1.807) is 18.2 Å². The van der Waals surface area contributed by atoms with E-state index in [1.807, 2.05) is 30.3 Å². The summed E-state index contributed by atoms with van der Waals surface area (Å²) in [6.07, 6.45) is 1.77. The van der Waals surface area contributed by atoms with Gasteiger partial charge in [-0.2, -0.15) is 0 Å². The highest BCUT2D eigenvalue weighted by atomic mass is 32.2. The van der Waals surface area contributed by atoms with Crippen LogP contribution in [0.15, 0.2) is 59.5 Å². The number of aliphatic carboxylic acids is 1. The van der Waals surface area contributed by atoms with E-state index >= 15 is 0 Å². The Labute approximate surface area is 160 Å². The van der Waals surface area contributed by atoms with E-state index in [0.717, 1.165) is 22.2 Å². The van der Waals surface area contributed by atoms with Gasteiger partial charge in [-0.15, -0.1) is 0 Å². The first-order valence-corrected chi connectivity index (χ1v) is 9.01. The Balaban J connectivity index is 1.88. The third kappa shape index (κ3) is 3.95. The Morgan fingerprint density at radius 2 is 1.92 bits per heavy atom. The number of hydrogen-bond donors (Lipinski definition) is 2. The Morgan fingerprint density at radius 1 is 1.19 bits per heavy atom. The normalized spacial score (nSPS) is 16.9. The second-order valence-corrected chi connectivity index (χ2v) is 7.37. The molecule has 1 saturated heterocycles. The number of carboxylic acid groups (broad SMARTS) is 1. The average Bonchev–Trinajstić information content (AvgIpc) is 2.87. The molecule has 132 valence electrons. The molecule has 2 N–H and O–H groups in total. The van der Waals surface area contributed by atoms with Gasteiger partial charge >= 0.3 is 5.97 Å². The first kappa shape index (κ1) is 18.2. The maximum atomic E-state index is 12.8. The first-order valence-electron chi connectivity index (χ1n) is 7.78. The summed E-state index contributed by atoms with van der Waals surface area (Å²) in [6, 6.07) is 14.5. The summed E-state index contributed by atoms with van der Waals surface area (Å²) in [5.74, 6) is -1.46. The number of rotatable bonds is 5. The number of phenols is 1. The van der Waals surface area contributed by atoms with Gasteiger partial charge in [0.15, 0.2) is 0 Å². The molecule has 1 amide bonds. The van der Waals surface area contributed by atoms with Crippen molar-refractivity contribution in [2.45, 2.75) is 12.5 Å². The fourth-order valence-corrected chi connectivity index (χ4v) is 4.00. The van der Waals surface area contributed by atoms with E-state index in [1.165, 1.54) is 12.1 Å². The Bertz CT molecular complexity index is 895. The van der Waals surface area contributed by atoms with E-state index in [0.29, 0.717) is 10.5 Å². The molecular formula is C19H15NO4S2. The molecule has 1 heterocycles. The summed E-state index contributed by atoms with van der Waals surface area (Å²) in [5.41, 5.74) is 1.45. The van der Waals surface area contributed by atoms with E-state index < -0.39 is 17.9 Å². The van der Waals surface area contributed by atoms with Gasteiger partial charge in [-0.05, 0) is 29.3 Å². The van der Waals surface area contributed by atoms with Crippen LogP contribution in [0, 0.1) is 0 Å². The maximum Gasteiger partial charge on any atom is 0.327 e. The zero-order valence-electron chi connectivity index (χ0n) is 13.5. The first-order chi connectivity index (χ1) is 12.5. The van der Waals surface area contributed by atoms with Gasteiger partial charge in [-0.1, -0.05) is 66.4 Å². The molecule has 0 aromatic heterocycles. The number of nitrogens with zero attached hydrogens (tertiary/aromatic N) is 1. The van der Waals surface area contributed by atoms with Gasteiger partial charge in [-0.3, -0.25) is 9.69 Å². The van der Waals surface area contributed by atoms with Crippen LogP contribution in [0.2, 0.25) is 0 Å². The minimum atomic E-state index is -1.11. The summed E-state index contributed by atoms with van der Waals surface area (Å²) in [4.78, 5) is 26.0. The maximum absolute atomic E-state index is 12.8. The molecule has 7 heteroatoms. The summed E-state index contributed by atoms with van der Waals surface area (Å²) in [6.45, 7) is 0. The number of carboxylic acids is 1. The number of hydrogen-bond acceptors (Lipinski definition) is 5. The van der Waals surface area contributed by atoms with Crippen LogP contribution in [0.5, 0.6) is 5.75 Å². The summed E-state index contributed by atoms with van der Waals surface area (Å²) >= 11 is 6.33. The molecule has 0 aliphatic carbocycles. The number of thioether (sulfide) groups is 1. The number of carbonyl (C=O) groups excluding carboxylic acids is 1. The van der Waals surface area contributed by atoms with Gasteiger partial charge in [-0.25, -0.2) is 4.79 Å². The van der Waals surface area contributed by atoms with Crippen LogP contribution >= 0.6 is 24.0 Å². The van der Waals surface area contributed by atoms with Gasteiger partial charge in [0.05, 0.1) is 4.91 Å². The largest absolute Gasteiger partial charge is 0.508 e. The molecule has 0 unspecified atom stereocenters. The zero-order valence-corrected chi connectivity index (χ0v) is 15.2. The van der Waals surface area contributed by atoms with Gasteiger partial charge < -0.3 is 10.2 Å². The molecule has 0 radical (unpaired) electrons. The minimum Gasteiger partial charge on any atom is -0.508 e. The van der Waals surface area contributed by atoms with Crippen molar-refractivity contribution >= 4 is 46.3 Å². The van der Waals surface area contributed by atoms with Crippen LogP contribution in [0.1, 0.15) is 11.1 Å². The molecule has 5 nitrogen and oxygen atoms in total. The minimum absolute atomic E-state index is 0.0849. The zero-order chi connectivity index (χ0) is 18.7. The van der Waals surface area contributed by atoms with Crippen LogP contribution in [0.4, 0.5) is 0 Å². The van der Waals surface area contributed by atoms with Crippen molar-refractivity contribution in [1.29, 1.82) is 0 Å². The molecule has 2 aromatic carbocycles. The highest BCUT2D eigenvalue weighted by Gasteiger charge is 2.40. The van der Waals surface area contributed by atoms with Crippen LogP contribution < -0.4 is 0 Å². The summed E-state index contributed by atoms with van der Waals surface area (Å²) in [5, 5.41) is 19.2. The van der Waals surface area contributed by atoms with Crippen LogP contribution in [0.3, 0.4) is 0 Å². The highest BCUT2D eigenvalue weighted by Crippen LogP contribution is 2.35. The van der Waals surface area contributed by atoms with E-state index in [4.69, 9.17) is 12.2 Å². The number of benzene rings is 2. The quantitative estimate of drug-likeness (QED) is 0.607. The van der Waals surface area contributed by atoms with Crippen molar-refractivity contribution in [2.24, 2.45) is 0 Å². The lowest BCUT2D eigenvalue weighted by atomic mass is 10.0. The highest BCUT2D eigenvalue weighted by molar-refractivity contribution is 8.26. The Morgan fingerprint density at radius 3 is 2.58 bits per heavy atom. The second kappa shape index (κ2) is 7.72. The molecule has 1 aliphatic rings. The third-order valence-corrected chi connectivity index (χ3v) is 5.19. The molecule has 1 fully saturated rings. The number of phenolic OH excluding ortho intramolecular Hbond substituents is 1. The molecule has 0 spiro atoms. The van der Waals surface area contributed by atoms with Crippen molar-refractivity contribution in [2.75, 3.05) is 0 Å². The molecule has 0 bridgehead atoms. The Kier molecular flexibility index (Phi) is 5.39. The number of amides is 1. The van der Waals surface area contributed by atoms with E-state index in [2.05, 4.69) is 0 Å². The van der Waals surface area contributed by atoms with Crippen molar-refractivity contribution in [3.05, 3.63) is 70.6 Å².